The summed E-state index contributed by atoms with van der Waals surface area (Å²) in [5.74, 6) is 0.692. The fourth-order valence-electron chi connectivity index (χ4n) is 10.9. The van der Waals surface area contributed by atoms with E-state index in [4.69, 9.17) is 9.97 Å². The number of rotatable bonds is 5. The summed E-state index contributed by atoms with van der Waals surface area (Å²) in [5.41, 5.74) is 15.8. The number of hydrogen-bond donors (Lipinski definition) is 0. The van der Waals surface area contributed by atoms with Crippen molar-refractivity contribution in [1.29, 1.82) is 0 Å². The van der Waals surface area contributed by atoms with Gasteiger partial charge in [0, 0.05) is 37.9 Å². The maximum absolute atomic E-state index is 5.55. The minimum atomic E-state index is -0.0362. The van der Waals surface area contributed by atoms with Crippen LogP contribution in [-0.2, 0) is 5.41 Å². The van der Waals surface area contributed by atoms with Gasteiger partial charge in [-0.15, -0.1) is 0 Å². The summed E-state index contributed by atoms with van der Waals surface area (Å²) >= 11 is 0. The highest BCUT2D eigenvalue weighted by atomic mass is 15.2. The maximum atomic E-state index is 5.55. The van der Waals surface area contributed by atoms with Crippen molar-refractivity contribution in [2.75, 3.05) is 0 Å². The van der Waals surface area contributed by atoms with Crippen LogP contribution in [0.2, 0.25) is 0 Å². The molecule has 61 heavy (non-hydrogen) atoms. The van der Waals surface area contributed by atoms with Gasteiger partial charge in [-0.2, -0.15) is 0 Å². The summed E-state index contributed by atoms with van der Waals surface area (Å²) < 4.78 is 2.36. The molecule has 292 valence electrons. The molecule has 2 aromatic heterocycles. The van der Waals surface area contributed by atoms with Crippen molar-refractivity contribution in [3.8, 4) is 39.5 Å². The van der Waals surface area contributed by atoms with E-state index in [0.29, 0.717) is 5.95 Å². The van der Waals surface area contributed by atoms with Crippen LogP contribution in [0.1, 0.15) is 56.7 Å². The number of fused-ring (bicyclic) bond motifs is 8. The molecule has 12 rings (SSSR count). The van der Waals surface area contributed by atoms with Gasteiger partial charge in [0.05, 0.1) is 22.1 Å². The minimum Gasteiger partial charge on any atom is -0.278 e. The summed E-state index contributed by atoms with van der Waals surface area (Å²) in [6, 6.07) is 57.4. The Morgan fingerprint density at radius 3 is 2.02 bits per heavy atom. The van der Waals surface area contributed by atoms with E-state index < -0.39 is 0 Å². The Bertz CT molecular complexity index is 3480. The average Bonchev–Trinajstić information content (AvgIpc) is 3.74. The minimum absolute atomic E-state index is 0.00923. The van der Waals surface area contributed by atoms with Crippen molar-refractivity contribution in [3.63, 3.8) is 0 Å². The Hall–Kier alpha value is -7.10. The SMILES string of the molecule is CC12CC(c3ccccc3-c3cccc4c5c(n(-c6nc(-c7ccc(-c8cccc9ccccc89)cc7)c7ccccc7n6)c34)=CCCC=5)=CC=C1c1ccccc1C2(C)C. The first-order valence-corrected chi connectivity index (χ1v) is 21.7. The lowest BCUT2D eigenvalue weighted by atomic mass is 9.60. The number of nitrogens with zero attached hydrogens (tertiary/aromatic N) is 3. The van der Waals surface area contributed by atoms with Crippen molar-refractivity contribution in [3.05, 3.63) is 197 Å². The Morgan fingerprint density at radius 1 is 0.508 bits per heavy atom. The third-order valence-electron chi connectivity index (χ3n) is 14.4. The van der Waals surface area contributed by atoms with Crippen LogP contribution in [0.4, 0.5) is 0 Å². The molecule has 0 amide bonds. The standard InChI is InChI=1S/C58H45N3/c1-57(2)50-27-11-8-22-48(50)51-35-34-40(36-58(51,57)3)43-19-6-7-20-44(43)46-25-15-26-47-45-21-10-13-29-53(45)61(55(46)47)56-59-52-28-12-9-23-49(52)54(60-56)39-32-30-38(31-33-39)42-24-14-17-37-16-4-5-18-41(37)42/h4-9,11-12,14-35H,10,13,36H2,1-3H3. The lowest BCUT2D eigenvalue weighted by molar-refractivity contribution is 0.275. The first-order chi connectivity index (χ1) is 29.9. The molecule has 0 saturated heterocycles. The zero-order valence-electron chi connectivity index (χ0n) is 34.8. The third-order valence-corrected chi connectivity index (χ3v) is 14.4. The van der Waals surface area contributed by atoms with Crippen molar-refractivity contribution in [2.45, 2.75) is 45.4 Å². The molecule has 7 aromatic carbocycles. The predicted molar refractivity (Wildman–Crippen MR) is 256 cm³/mol. The van der Waals surface area contributed by atoms with Gasteiger partial charge in [-0.25, -0.2) is 9.97 Å². The van der Waals surface area contributed by atoms with E-state index in [1.165, 1.54) is 76.8 Å². The quantitative estimate of drug-likeness (QED) is 0.174. The molecule has 2 heterocycles. The van der Waals surface area contributed by atoms with Gasteiger partial charge in [-0.05, 0) is 80.6 Å². The highest BCUT2D eigenvalue weighted by molar-refractivity contribution is 6.02. The predicted octanol–water partition coefficient (Wildman–Crippen LogP) is 13.3. The highest BCUT2D eigenvalue weighted by Crippen LogP contribution is 2.63. The molecule has 0 bridgehead atoms. The van der Waals surface area contributed by atoms with Gasteiger partial charge in [-0.3, -0.25) is 4.57 Å². The van der Waals surface area contributed by atoms with Crippen LogP contribution < -0.4 is 10.6 Å². The molecule has 9 aromatic rings. The molecule has 1 unspecified atom stereocenters. The molecule has 0 N–H and O–H groups in total. The molecule has 0 aliphatic heterocycles. The van der Waals surface area contributed by atoms with Crippen molar-refractivity contribution in [2.24, 2.45) is 5.41 Å². The second-order valence-corrected chi connectivity index (χ2v) is 17.8. The monoisotopic (exact) mass is 783 g/mol. The lowest BCUT2D eigenvalue weighted by Crippen LogP contribution is -2.35. The topological polar surface area (TPSA) is 30.7 Å². The van der Waals surface area contributed by atoms with Crippen LogP contribution in [0, 0.1) is 5.41 Å². The third kappa shape index (κ3) is 5.29. The molecule has 0 spiro atoms. The van der Waals surface area contributed by atoms with Crippen LogP contribution in [0.15, 0.2) is 170 Å². The van der Waals surface area contributed by atoms with Crippen molar-refractivity contribution < 1.29 is 0 Å². The van der Waals surface area contributed by atoms with E-state index in [1.807, 2.05) is 0 Å². The molecular formula is C58H45N3. The van der Waals surface area contributed by atoms with E-state index in [-0.39, 0.29) is 10.8 Å². The Kier molecular flexibility index (Phi) is 7.90. The Morgan fingerprint density at radius 2 is 1.15 bits per heavy atom. The van der Waals surface area contributed by atoms with Gasteiger partial charge < -0.3 is 0 Å². The van der Waals surface area contributed by atoms with Gasteiger partial charge in [0.25, 0.3) is 0 Å². The average molecular weight is 784 g/mol. The summed E-state index contributed by atoms with van der Waals surface area (Å²) in [4.78, 5) is 10.9. The van der Waals surface area contributed by atoms with E-state index in [0.717, 1.165) is 46.9 Å². The number of hydrogen-bond acceptors (Lipinski definition) is 2. The van der Waals surface area contributed by atoms with Crippen LogP contribution in [0.25, 0.3) is 95.3 Å². The van der Waals surface area contributed by atoms with Crippen LogP contribution in [-0.4, -0.2) is 14.5 Å². The maximum Gasteiger partial charge on any atom is 0.235 e. The number of allylic oxidation sites excluding steroid dienone is 4. The van der Waals surface area contributed by atoms with Crippen molar-refractivity contribution in [1.82, 2.24) is 14.5 Å². The molecule has 0 fully saturated rings. The van der Waals surface area contributed by atoms with Gasteiger partial charge in [0.15, 0.2) is 0 Å². The van der Waals surface area contributed by atoms with Crippen molar-refractivity contribution >= 4 is 55.9 Å². The Balaban J connectivity index is 1.04. The van der Waals surface area contributed by atoms with E-state index in [2.05, 4.69) is 207 Å². The van der Waals surface area contributed by atoms with Crippen LogP contribution in [0.3, 0.4) is 0 Å². The second kappa shape index (κ2) is 13.5. The zero-order chi connectivity index (χ0) is 40.9. The molecule has 0 radical (unpaired) electrons. The molecule has 3 aliphatic carbocycles. The van der Waals surface area contributed by atoms with E-state index in [9.17, 15) is 0 Å². The van der Waals surface area contributed by atoms with E-state index in [1.54, 1.807) is 0 Å². The molecule has 0 saturated carbocycles. The van der Waals surface area contributed by atoms with Gasteiger partial charge in [-0.1, -0.05) is 197 Å². The fraction of sp³-hybridized carbons (Fsp3) is 0.138. The van der Waals surface area contributed by atoms with Crippen LogP contribution >= 0.6 is 0 Å². The van der Waals surface area contributed by atoms with Gasteiger partial charge in [0.1, 0.15) is 0 Å². The molecule has 1 atom stereocenters. The second-order valence-electron chi connectivity index (χ2n) is 17.8. The Labute approximate surface area is 356 Å². The zero-order valence-corrected chi connectivity index (χ0v) is 34.8. The lowest BCUT2D eigenvalue weighted by Gasteiger charge is -2.42. The number of para-hydroxylation sites is 2. The molecule has 3 heteroatoms. The summed E-state index contributed by atoms with van der Waals surface area (Å²) in [6.07, 6.45) is 12.6. The van der Waals surface area contributed by atoms with E-state index >= 15 is 0 Å². The van der Waals surface area contributed by atoms with Crippen LogP contribution in [0.5, 0.6) is 0 Å². The number of benzene rings is 7. The fourth-order valence-corrected chi connectivity index (χ4v) is 10.9. The first kappa shape index (κ1) is 35.8. The summed E-state index contributed by atoms with van der Waals surface area (Å²) in [7, 11) is 0. The number of aromatic nitrogens is 3. The summed E-state index contributed by atoms with van der Waals surface area (Å²) in [5, 5.41) is 7.20. The van der Waals surface area contributed by atoms with Gasteiger partial charge >= 0.3 is 0 Å². The van der Waals surface area contributed by atoms with Gasteiger partial charge in [0.2, 0.25) is 5.95 Å². The first-order valence-electron chi connectivity index (χ1n) is 21.7. The smallest absolute Gasteiger partial charge is 0.235 e. The highest BCUT2D eigenvalue weighted by Gasteiger charge is 2.52. The normalized spacial score (nSPS) is 17.6. The molecule has 3 aliphatic rings. The largest absolute Gasteiger partial charge is 0.278 e. The molecular weight excluding hydrogens is 739 g/mol. The summed E-state index contributed by atoms with van der Waals surface area (Å²) in [6.45, 7) is 7.35. The molecule has 3 nitrogen and oxygen atoms in total.